The summed E-state index contributed by atoms with van der Waals surface area (Å²) in [6.07, 6.45) is 6.28. The lowest BCUT2D eigenvalue weighted by Crippen LogP contribution is -2.11. The van der Waals surface area contributed by atoms with Crippen LogP contribution < -0.4 is 10.6 Å². The highest BCUT2D eigenvalue weighted by atomic mass is 15.2. The Hall–Kier alpha value is -2.64. The second-order valence-electron chi connectivity index (χ2n) is 4.41. The zero-order valence-corrected chi connectivity index (χ0v) is 11.4. The number of hydrogen-bond donors (Lipinski definition) is 3. The molecule has 3 N–H and O–H groups in total. The van der Waals surface area contributed by atoms with E-state index in [1.54, 1.807) is 19.4 Å². The van der Waals surface area contributed by atoms with Crippen LogP contribution >= 0.6 is 0 Å². The topological polar surface area (TPSA) is 96.3 Å². The van der Waals surface area contributed by atoms with Crippen LogP contribution in [0.4, 0.5) is 11.8 Å². The fourth-order valence-electron chi connectivity index (χ4n) is 2.01. The van der Waals surface area contributed by atoms with E-state index < -0.39 is 0 Å². The second kappa shape index (κ2) is 5.16. The summed E-state index contributed by atoms with van der Waals surface area (Å²) in [4.78, 5) is 13.0. The van der Waals surface area contributed by atoms with Crippen LogP contribution in [-0.2, 0) is 13.5 Å². The van der Waals surface area contributed by atoms with Crippen LogP contribution in [0.15, 0.2) is 18.6 Å². The van der Waals surface area contributed by atoms with Crippen molar-refractivity contribution in [3.8, 4) is 0 Å². The summed E-state index contributed by atoms with van der Waals surface area (Å²) in [5.41, 5.74) is 0.712. The smallest absolute Gasteiger partial charge is 0.226 e. The monoisotopic (exact) mass is 272 g/mol. The summed E-state index contributed by atoms with van der Waals surface area (Å²) in [6, 6.07) is 0. The molecule has 0 saturated heterocycles. The number of hydrogen-bond acceptors (Lipinski definition) is 6. The van der Waals surface area contributed by atoms with Crippen molar-refractivity contribution >= 4 is 22.8 Å². The molecule has 0 aromatic carbocycles. The van der Waals surface area contributed by atoms with Gasteiger partial charge in [-0.25, -0.2) is 4.98 Å². The number of H-pyrrole nitrogens is 1. The largest absolute Gasteiger partial charge is 0.369 e. The highest BCUT2D eigenvalue weighted by Gasteiger charge is 2.08. The Labute approximate surface area is 115 Å². The van der Waals surface area contributed by atoms with Crippen LogP contribution in [0.5, 0.6) is 0 Å². The van der Waals surface area contributed by atoms with E-state index in [-0.39, 0.29) is 0 Å². The highest BCUT2D eigenvalue weighted by Crippen LogP contribution is 2.19. The molecule has 3 rings (SSSR count). The molecule has 3 aromatic rings. The maximum Gasteiger partial charge on any atom is 0.226 e. The van der Waals surface area contributed by atoms with E-state index >= 15 is 0 Å². The van der Waals surface area contributed by atoms with Crippen molar-refractivity contribution in [1.82, 2.24) is 29.7 Å². The minimum Gasteiger partial charge on any atom is -0.369 e. The zero-order valence-electron chi connectivity index (χ0n) is 11.4. The quantitative estimate of drug-likeness (QED) is 0.635. The van der Waals surface area contributed by atoms with E-state index in [1.807, 2.05) is 17.8 Å². The lowest BCUT2D eigenvalue weighted by molar-refractivity contribution is 0.789. The predicted octanol–water partition coefficient (Wildman–Crippen LogP) is 0.783. The number of nitrogens with zero attached hydrogens (tertiary/aromatic N) is 5. The lowest BCUT2D eigenvalue weighted by Gasteiger charge is -2.08. The predicted molar refractivity (Wildman–Crippen MR) is 76.6 cm³/mol. The molecule has 20 heavy (non-hydrogen) atoms. The second-order valence-corrected chi connectivity index (χ2v) is 4.41. The summed E-state index contributed by atoms with van der Waals surface area (Å²) >= 11 is 0. The zero-order chi connectivity index (χ0) is 13.9. The molecule has 3 aromatic heterocycles. The number of imidazole rings is 1. The van der Waals surface area contributed by atoms with Gasteiger partial charge in [-0.05, 0) is 0 Å². The van der Waals surface area contributed by atoms with Gasteiger partial charge in [-0.3, -0.25) is 5.10 Å². The Kier molecular flexibility index (Phi) is 3.20. The van der Waals surface area contributed by atoms with Crippen molar-refractivity contribution in [3.63, 3.8) is 0 Å². The van der Waals surface area contributed by atoms with Gasteiger partial charge in [0.25, 0.3) is 0 Å². The molecule has 0 aliphatic rings. The van der Waals surface area contributed by atoms with Gasteiger partial charge in [0.2, 0.25) is 5.95 Å². The van der Waals surface area contributed by atoms with E-state index in [0.29, 0.717) is 11.6 Å². The Morgan fingerprint density at radius 2 is 2.25 bits per heavy atom. The molecule has 0 bridgehead atoms. The summed E-state index contributed by atoms with van der Waals surface area (Å²) in [5, 5.41) is 14.0. The van der Waals surface area contributed by atoms with Gasteiger partial charge < -0.3 is 15.2 Å². The van der Waals surface area contributed by atoms with Gasteiger partial charge in [0.15, 0.2) is 5.65 Å². The molecule has 104 valence electrons. The summed E-state index contributed by atoms with van der Waals surface area (Å²) < 4.78 is 2.01. The molecule has 0 saturated carbocycles. The van der Waals surface area contributed by atoms with Crippen LogP contribution in [0.25, 0.3) is 11.0 Å². The molecular weight excluding hydrogens is 256 g/mol. The van der Waals surface area contributed by atoms with Crippen molar-refractivity contribution in [3.05, 3.63) is 24.4 Å². The average Bonchev–Trinajstić information content (AvgIpc) is 3.07. The van der Waals surface area contributed by atoms with Crippen molar-refractivity contribution in [2.75, 3.05) is 24.2 Å². The fourth-order valence-corrected chi connectivity index (χ4v) is 2.01. The highest BCUT2D eigenvalue weighted by molar-refractivity contribution is 5.86. The summed E-state index contributed by atoms with van der Waals surface area (Å²) in [5.74, 6) is 2.35. The van der Waals surface area contributed by atoms with Crippen molar-refractivity contribution in [1.29, 1.82) is 0 Å². The van der Waals surface area contributed by atoms with Gasteiger partial charge in [0.05, 0.1) is 11.6 Å². The van der Waals surface area contributed by atoms with Gasteiger partial charge in [-0.15, -0.1) is 0 Å². The molecular formula is C12H16N8. The van der Waals surface area contributed by atoms with E-state index in [9.17, 15) is 0 Å². The average molecular weight is 272 g/mol. The Morgan fingerprint density at radius 1 is 1.35 bits per heavy atom. The van der Waals surface area contributed by atoms with Crippen molar-refractivity contribution in [2.24, 2.45) is 7.05 Å². The lowest BCUT2D eigenvalue weighted by atomic mass is 10.3. The Balaban J connectivity index is 1.76. The van der Waals surface area contributed by atoms with Crippen LogP contribution in [0.2, 0.25) is 0 Å². The van der Waals surface area contributed by atoms with Crippen LogP contribution in [0.1, 0.15) is 5.82 Å². The van der Waals surface area contributed by atoms with Gasteiger partial charge in [0, 0.05) is 39.5 Å². The number of nitrogens with one attached hydrogen (secondary N) is 3. The van der Waals surface area contributed by atoms with E-state index in [1.165, 1.54) is 0 Å². The molecule has 8 heteroatoms. The van der Waals surface area contributed by atoms with E-state index in [4.69, 9.17) is 0 Å². The number of aromatic amines is 1. The first-order chi connectivity index (χ1) is 9.78. The number of rotatable bonds is 5. The molecule has 0 aliphatic carbocycles. The SMILES string of the molecule is CNc1nc(NCCc2nccn2C)c2cn[nH]c2n1. The normalized spacial score (nSPS) is 10.9. The molecule has 0 amide bonds. The first kappa shape index (κ1) is 12.4. The van der Waals surface area contributed by atoms with Crippen LogP contribution in [0, 0.1) is 0 Å². The molecule has 0 aliphatic heterocycles. The molecule has 0 radical (unpaired) electrons. The van der Waals surface area contributed by atoms with E-state index in [0.717, 1.165) is 30.0 Å². The maximum absolute atomic E-state index is 4.41. The first-order valence-corrected chi connectivity index (χ1v) is 6.37. The number of anilines is 2. The number of fused-ring (bicyclic) bond motifs is 1. The molecule has 3 heterocycles. The minimum absolute atomic E-state index is 0.557. The third-order valence-electron chi connectivity index (χ3n) is 3.10. The minimum atomic E-state index is 0.557. The number of aryl methyl sites for hydroxylation is 1. The van der Waals surface area contributed by atoms with Crippen molar-refractivity contribution in [2.45, 2.75) is 6.42 Å². The maximum atomic E-state index is 4.41. The molecule has 0 fully saturated rings. The van der Waals surface area contributed by atoms with Crippen LogP contribution in [-0.4, -0.2) is 43.3 Å². The van der Waals surface area contributed by atoms with E-state index in [2.05, 4.69) is 35.8 Å². The first-order valence-electron chi connectivity index (χ1n) is 6.37. The van der Waals surface area contributed by atoms with Crippen molar-refractivity contribution < 1.29 is 0 Å². The Bertz CT molecular complexity index is 713. The number of aromatic nitrogens is 6. The third kappa shape index (κ3) is 2.27. The standard InChI is InChI=1S/C12H16N8/c1-13-12-17-10(8-7-16-19-11(8)18-12)15-4-3-9-14-5-6-20(9)2/h5-7H,3-4H2,1-2H3,(H3,13,15,16,17,18,19). The summed E-state index contributed by atoms with van der Waals surface area (Å²) in [7, 11) is 3.77. The third-order valence-corrected chi connectivity index (χ3v) is 3.10. The molecule has 0 spiro atoms. The molecule has 0 unspecified atom stereocenters. The molecule has 8 nitrogen and oxygen atoms in total. The van der Waals surface area contributed by atoms with Gasteiger partial charge >= 0.3 is 0 Å². The molecule has 0 atom stereocenters. The van der Waals surface area contributed by atoms with Gasteiger partial charge in [-0.1, -0.05) is 0 Å². The Morgan fingerprint density at radius 3 is 3.00 bits per heavy atom. The van der Waals surface area contributed by atoms with Crippen LogP contribution in [0.3, 0.4) is 0 Å². The summed E-state index contributed by atoms with van der Waals surface area (Å²) in [6.45, 7) is 0.741. The van der Waals surface area contributed by atoms with Gasteiger partial charge in [-0.2, -0.15) is 15.1 Å². The fraction of sp³-hybridized carbons (Fsp3) is 0.333. The van der Waals surface area contributed by atoms with Gasteiger partial charge in [0.1, 0.15) is 11.6 Å².